The number of hydrogen-bond donors (Lipinski definition) is 1. The molecule has 33 heavy (non-hydrogen) atoms. The molecule has 0 bridgehead atoms. The van der Waals surface area contributed by atoms with Crippen LogP contribution in [0.15, 0.2) is 79.0 Å². The van der Waals surface area contributed by atoms with Gasteiger partial charge in [0.15, 0.2) is 0 Å². The van der Waals surface area contributed by atoms with E-state index in [1.54, 1.807) is 41.0 Å². The molecular formula is C27H26N4O2. The molecule has 0 atom stereocenters. The maximum Gasteiger partial charge on any atom is 0.257 e. The zero-order valence-corrected chi connectivity index (χ0v) is 18.9. The quantitative estimate of drug-likeness (QED) is 0.480. The van der Waals surface area contributed by atoms with Crippen LogP contribution in [0.3, 0.4) is 0 Å². The molecule has 6 heteroatoms. The minimum absolute atomic E-state index is 0.158. The van der Waals surface area contributed by atoms with Crippen LogP contribution >= 0.6 is 0 Å². The van der Waals surface area contributed by atoms with Crippen LogP contribution in [0.2, 0.25) is 0 Å². The highest BCUT2D eigenvalue weighted by molar-refractivity contribution is 6.00. The third kappa shape index (κ3) is 4.70. The second-order valence-electron chi connectivity index (χ2n) is 8.20. The number of amides is 2. The predicted molar refractivity (Wildman–Crippen MR) is 129 cm³/mol. The molecule has 0 saturated heterocycles. The number of carbonyl (C=O) groups is 2. The van der Waals surface area contributed by atoms with Crippen LogP contribution in [0, 0.1) is 13.8 Å². The fourth-order valence-electron chi connectivity index (χ4n) is 3.72. The molecule has 4 rings (SSSR count). The predicted octanol–water partition coefficient (Wildman–Crippen LogP) is 4.53. The molecule has 1 aromatic heterocycles. The van der Waals surface area contributed by atoms with Gasteiger partial charge in [0.2, 0.25) is 5.91 Å². The highest BCUT2D eigenvalue weighted by atomic mass is 16.2. The molecule has 0 radical (unpaired) electrons. The zero-order valence-electron chi connectivity index (χ0n) is 18.9. The smallest absolute Gasteiger partial charge is 0.257 e. The van der Waals surface area contributed by atoms with E-state index in [-0.39, 0.29) is 5.91 Å². The normalized spacial score (nSPS) is 10.8. The molecule has 0 unspecified atom stereocenters. The molecule has 0 fully saturated rings. The summed E-state index contributed by atoms with van der Waals surface area (Å²) in [7, 11) is 1.74. The number of para-hydroxylation sites is 1. The Labute approximate surface area is 193 Å². The van der Waals surface area contributed by atoms with Crippen molar-refractivity contribution in [1.82, 2.24) is 14.7 Å². The number of rotatable bonds is 6. The lowest BCUT2D eigenvalue weighted by atomic mass is 10.0. The van der Waals surface area contributed by atoms with Gasteiger partial charge in [-0.05, 0) is 60.9 Å². The highest BCUT2D eigenvalue weighted by Gasteiger charge is 2.22. The van der Waals surface area contributed by atoms with Crippen molar-refractivity contribution in [3.8, 4) is 16.9 Å². The first-order valence-electron chi connectivity index (χ1n) is 10.7. The van der Waals surface area contributed by atoms with Crippen LogP contribution in [0.25, 0.3) is 16.9 Å². The van der Waals surface area contributed by atoms with Crippen molar-refractivity contribution in [3.05, 3.63) is 107 Å². The number of benzene rings is 3. The van der Waals surface area contributed by atoms with Gasteiger partial charge in [0.25, 0.3) is 5.91 Å². The molecule has 6 nitrogen and oxygen atoms in total. The third-order valence-corrected chi connectivity index (χ3v) is 5.72. The average Bonchev–Trinajstić information content (AvgIpc) is 3.26. The number of aryl methyl sites for hydroxylation is 2. The number of nitrogens with two attached hydrogens (primary N) is 1. The summed E-state index contributed by atoms with van der Waals surface area (Å²) in [6.07, 6.45) is 1.78. The number of hydrogen-bond acceptors (Lipinski definition) is 3. The Kier molecular flexibility index (Phi) is 6.09. The molecule has 0 spiro atoms. The third-order valence-electron chi connectivity index (χ3n) is 5.72. The molecule has 2 N–H and O–H groups in total. The van der Waals surface area contributed by atoms with Gasteiger partial charge in [-0.3, -0.25) is 9.59 Å². The van der Waals surface area contributed by atoms with E-state index in [0.29, 0.717) is 23.4 Å². The maximum absolute atomic E-state index is 13.5. The second-order valence-corrected chi connectivity index (χ2v) is 8.20. The first-order chi connectivity index (χ1) is 15.8. The standard InChI is InChI=1S/C27H26N4O2/c1-18-12-13-21(14-19(18)2)25-24(17-31(29-25)23-10-5-4-6-11-23)27(33)30(3)16-20-8-7-9-22(15-20)26(28)32/h4-15,17H,16H2,1-3H3,(H2,28,32). The molecule has 0 aliphatic heterocycles. The van der Waals surface area contributed by atoms with Crippen molar-refractivity contribution in [3.63, 3.8) is 0 Å². The Morgan fingerprint density at radius 1 is 0.939 bits per heavy atom. The van der Waals surface area contributed by atoms with Gasteiger partial charge in [-0.15, -0.1) is 0 Å². The lowest BCUT2D eigenvalue weighted by molar-refractivity contribution is 0.0786. The summed E-state index contributed by atoms with van der Waals surface area (Å²) in [5.74, 6) is -0.651. The van der Waals surface area contributed by atoms with Gasteiger partial charge < -0.3 is 10.6 Å². The average molecular weight is 439 g/mol. The van der Waals surface area contributed by atoms with E-state index in [2.05, 4.69) is 13.0 Å². The Hall–Kier alpha value is -4.19. The molecule has 2 amide bonds. The lowest BCUT2D eigenvalue weighted by Gasteiger charge is -2.17. The number of primary amides is 1. The lowest BCUT2D eigenvalue weighted by Crippen LogP contribution is -2.26. The SMILES string of the molecule is Cc1ccc(-c2nn(-c3ccccc3)cc2C(=O)N(C)Cc2cccc(C(N)=O)c2)cc1C. The van der Waals surface area contributed by atoms with E-state index >= 15 is 0 Å². The van der Waals surface area contributed by atoms with Crippen LogP contribution in [0.1, 0.15) is 37.4 Å². The number of nitrogens with zero attached hydrogens (tertiary/aromatic N) is 3. The Morgan fingerprint density at radius 2 is 1.70 bits per heavy atom. The van der Waals surface area contributed by atoms with Gasteiger partial charge in [0, 0.05) is 30.9 Å². The molecule has 0 saturated carbocycles. The van der Waals surface area contributed by atoms with E-state index in [1.165, 1.54) is 5.56 Å². The van der Waals surface area contributed by atoms with Gasteiger partial charge in [0.05, 0.1) is 11.3 Å². The van der Waals surface area contributed by atoms with Crippen LogP contribution in [-0.4, -0.2) is 33.5 Å². The minimum atomic E-state index is -0.494. The summed E-state index contributed by atoms with van der Waals surface area (Å²) in [5, 5.41) is 4.78. The van der Waals surface area contributed by atoms with Crippen molar-refractivity contribution in [1.29, 1.82) is 0 Å². The van der Waals surface area contributed by atoms with Crippen LogP contribution < -0.4 is 5.73 Å². The summed E-state index contributed by atoms with van der Waals surface area (Å²) >= 11 is 0. The van der Waals surface area contributed by atoms with Gasteiger partial charge in [-0.1, -0.05) is 42.5 Å². The van der Waals surface area contributed by atoms with Gasteiger partial charge in [-0.2, -0.15) is 5.10 Å². The summed E-state index contributed by atoms with van der Waals surface area (Å²) in [4.78, 5) is 26.7. The van der Waals surface area contributed by atoms with E-state index in [4.69, 9.17) is 10.8 Å². The fraction of sp³-hybridized carbons (Fsp3) is 0.148. The number of aromatic nitrogens is 2. The van der Waals surface area contributed by atoms with Crippen molar-refractivity contribution in [2.45, 2.75) is 20.4 Å². The summed E-state index contributed by atoms with van der Waals surface area (Å²) in [6, 6.07) is 22.8. The second kappa shape index (κ2) is 9.12. The van der Waals surface area contributed by atoms with E-state index < -0.39 is 5.91 Å². The minimum Gasteiger partial charge on any atom is -0.366 e. The maximum atomic E-state index is 13.5. The van der Waals surface area contributed by atoms with Gasteiger partial charge in [-0.25, -0.2) is 4.68 Å². The highest BCUT2D eigenvalue weighted by Crippen LogP contribution is 2.27. The fourth-order valence-corrected chi connectivity index (χ4v) is 3.72. The van der Waals surface area contributed by atoms with Gasteiger partial charge in [0.1, 0.15) is 5.69 Å². The summed E-state index contributed by atoms with van der Waals surface area (Å²) < 4.78 is 1.74. The van der Waals surface area contributed by atoms with Crippen LogP contribution in [0.5, 0.6) is 0 Å². The van der Waals surface area contributed by atoms with Crippen molar-refractivity contribution < 1.29 is 9.59 Å². The van der Waals surface area contributed by atoms with Crippen LogP contribution in [-0.2, 0) is 6.54 Å². The molecule has 0 aliphatic rings. The Morgan fingerprint density at radius 3 is 2.39 bits per heavy atom. The first kappa shape index (κ1) is 22.0. The summed E-state index contributed by atoms with van der Waals surface area (Å²) in [5.41, 5.74) is 11.9. The van der Waals surface area contributed by atoms with Crippen molar-refractivity contribution in [2.75, 3.05) is 7.05 Å². The van der Waals surface area contributed by atoms with Crippen molar-refractivity contribution >= 4 is 11.8 Å². The van der Waals surface area contributed by atoms with Gasteiger partial charge >= 0.3 is 0 Å². The number of carbonyl (C=O) groups excluding carboxylic acids is 2. The molecule has 3 aromatic carbocycles. The molecule has 0 aliphatic carbocycles. The molecular weight excluding hydrogens is 412 g/mol. The topological polar surface area (TPSA) is 81.2 Å². The molecule has 4 aromatic rings. The van der Waals surface area contributed by atoms with E-state index in [0.717, 1.165) is 22.4 Å². The molecule has 166 valence electrons. The van der Waals surface area contributed by atoms with E-state index in [9.17, 15) is 9.59 Å². The van der Waals surface area contributed by atoms with Crippen molar-refractivity contribution in [2.24, 2.45) is 5.73 Å². The summed E-state index contributed by atoms with van der Waals surface area (Å²) in [6.45, 7) is 4.44. The largest absolute Gasteiger partial charge is 0.366 e. The molecule has 1 heterocycles. The van der Waals surface area contributed by atoms with E-state index in [1.807, 2.05) is 55.5 Å². The van der Waals surface area contributed by atoms with Crippen LogP contribution in [0.4, 0.5) is 0 Å². The monoisotopic (exact) mass is 438 g/mol. The first-order valence-corrected chi connectivity index (χ1v) is 10.7. The Bertz CT molecular complexity index is 1330. The Balaban J connectivity index is 1.72. The zero-order chi connectivity index (χ0) is 23.5.